The van der Waals surface area contributed by atoms with Gasteiger partial charge in [0, 0.05) is 11.6 Å². The van der Waals surface area contributed by atoms with Crippen LogP contribution in [0, 0.1) is 6.92 Å². The van der Waals surface area contributed by atoms with E-state index in [9.17, 15) is 0 Å². The van der Waals surface area contributed by atoms with Crippen molar-refractivity contribution in [3.05, 3.63) is 33.8 Å². The molecule has 0 unspecified atom stereocenters. The number of halogens is 1. The number of methoxy groups -OCH3 is 1. The average Bonchev–Trinajstić information content (AvgIpc) is 2.15. The highest BCUT2D eigenvalue weighted by atomic mass is 79.9. The number of benzene rings is 1. The standard InChI is InChI=1S/C9H11BrO.C2H6/c1-7-3-4-9(10)8(5-7)6-11-2;1-2/h3-5H,6H2,1-2H3;1-2H3. The van der Waals surface area contributed by atoms with Crippen LogP contribution in [-0.2, 0) is 11.3 Å². The fraction of sp³-hybridized carbons (Fsp3) is 0.455. The number of rotatable bonds is 2. The fourth-order valence-electron chi connectivity index (χ4n) is 0.970. The van der Waals surface area contributed by atoms with E-state index in [1.165, 1.54) is 11.1 Å². The van der Waals surface area contributed by atoms with Gasteiger partial charge in [-0.25, -0.2) is 0 Å². The van der Waals surface area contributed by atoms with Crippen LogP contribution in [0.2, 0.25) is 0 Å². The predicted octanol–water partition coefficient (Wildman–Crippen LogP) is 3.93. The highest BCUT2D eigenvalue weighted by Crippen LogP contribution is 2.18. The Morgan fingerprint density at radius 1 is 1.31 bits per heavy atom. The molecule has 0 amide bonds. The molecule has 0 atom stereocenters. The van der Waals surface area contributed by atoms with Gasteiger partial charge in [-0.05, 0) is 18.6 Å². The lowest BCUT2D eigenvalue weighted by Crippen LogP contribution is -1.89. The van der Waals surface area contributed by atoms with Crippen molar-refractivity contribution in [3.63, 3.8) is 0 Å². The van der Waals surface area contributed by atoms with Crippen molar-refractivity contribution < 1.29 is 4.74 Å². The zero-order valence-electron chi connectivity index (χ0n) is 8.73. The lowest BCUT2D eigenvalue weighted by Gasteiger charge is -2.03. The summed E-state index contributed by atoms with van der Waals surface area (Å²) in [4.78, 5) is 0. The molecule has 0 spiro atoms. The molecule has 0 heterocycles. The van der Waals surface area contributed by atoms with Crippen LogP contribution in [0.15, 0.2) is 22.7 Å². The molecule has 0 aromatic heterocycles. The molecule has 0 N–H and O–H groups in total. The second-order valence-electron chi connectivity index (χ2n) is 2.53. The maximum Gasteiger partial charge on any atom is 0.0724 e. The second kappa shape index (κ2) is 7.10. The summed E-state index contributed by atoms with van der Waals surface area (Å²) in [7, 11) is 1.70. The molecule has 0 aliphatic rings. The van der Waals surface area contributed by atoms with Crippen molar-refractivity contribution in [3.8, 4) is 0 Å². The van der Waals surface area contributed by atoms with Crippen molar-refractivity contribution in [2.75, 3.05) is 7.11 Å². The molecule has 1 aromatic carbocycles. The van der Waals surface area contributed by atoms with E-state index in [2.05, 4.69) is 35.0 Å². The minimum absolute atomic E-state index is 0.669. The second-order valence-corrected chi connectivity index (χ2v) is 3.38. The largest absolute Gasteiger partial charge is 0.380 e. The Balaban J connectivity index is 0.000000671. The zero-order valence-corrected chi connectivity index (χ0v) is 10.3. The number of hydrogen-bond acceptors (Lipinski definition) is 1. The molecule has 2 heteroatoms. The quantitative estimate of drug-likeness (QED) is 0.767. The number of hydrogen-bond donors (Lipinski definition) is 0. The van der Waals surface area contributed by atoms with E-state index in [0.29, 0.717) is 6.61 Å². The van der Waals surface area contributed by atoms with Gasteiger partial charge >= 0.3 is 0 Å². The molecule has 0 radical (unpaired) electrons. The molecule has 1 aromatic rings. The molecule has 74 valence electrons. The van der Waals surface area contributed by atoms with E-state index >= 15 is 0 Å². The first-order valence-corrected chi connectivity index (χ1v) is 5.27. The van der Waals surface area contributed by atoms with Crippen LogP contribution >= 0.6 is 15.9 Å². The van der Waals surface area contributed by atoms with Crippen LogP contribution in [0.1, 0.15) is 25.0 Å². The number of ether oxygens (including phenoxy) is 1. The van der Waals surface area contributed by atoms with E-state index in [-0.39, 0.29) is 0 Å². The first kappa shape index (κ1) is 12.7. The van der Waals surface area contributed by atoms with Gasteiger partial charge in [0.1, 0.15) is 0 Å². The first-order chi connectivity index (χ1) is 6.24. The van der Waals surface area contributed by atoms with Crippen molar-refractivity contribution in [2.45, 2.75) is 27.4 Å². The van der Waals surface area contributed by atoms with Crippen LogP contribution in [-0.4, -0.2) is 7.11 Å². The molecule has 0 fully saturated rings. The van der Waals surface area contributed by atoms with E-state index < -0.39 is 0 Å². The minimum Gasteiger partial charge on any atom is -0.380 e. The van der Waals surface area contributed by atoms with E-state index in [1.54, 1.807) is 7.11 Å². The van der Waals surface area contributed by atoms with Crippen LogP contribution < -0.4 is 0 Å². The fourth-order valence-corrected chi connectivity index (χ4v) is 1.33. The molecule has 1 rings (SSSR count). The van der Waals surface area contributed by atoms with Crippen LogP contribution in [0.25, 0.3) is 0 Å². The first-order valence-electron chi connectivity index (χ1n) is 4.48. The van der Waals surface area contributed by atoms with Crippen LogP contribution in [0.4, 0.5) is 0 Å². The molecular formula is C11H17BrO. The lowest BCUT2D eigenvalue weighted by atomic mass is 10.1. The third-order valence-corrected chi connectivity index (χ3v) is 2.27. The zero-order chi connectivity index (χ0) is 10.3. The SMILES string of the molecule is CC.COCc1cc(C)ccc1Br. The Kier molecular flexibility index (Phi) is 6.92. The lowest BCUT2D eigenvalue weighted by molar-refractivity contribution is 0.184. The van der Waals surface area contributed by atoms with Crippen LogP contribution in [0.5, 0.6) is 0 Å². The molecule has 0 aliphatic carbocycles. The Hall–Kier alpha value is -0.340. The molecule has 0 aliphatic heterocycles. The summed E-state index contributed by atoms with van der Waals surface area (Å²) in [6.07, 6.45) is 0. The monoisotopic (exact) mass is 244 g/mol. The summed E-state index contributed by atoms with van der Waals surface area (Å²) >= 11 is 3.45. The van der Waals surface area contributed by atoms with Gasteiger partial charge in [0.15, 0.2) is 0 Å². The molecule has 0 bridgehead atoms. The van der Waals surface area contributed by atoms with Gasteiger partial charge in [0.25, 0.3) is 0 Å². The van der Waals surface area contributed by atoms with Gasteiger partial charge in [-0.15, -0.1) is 0 Å². The van der Waals surface area contributed by atoms with Crippen molar-refractivity contribution in [2.24, 2.45) is 0 Å². The predicted molar refractivity (Wildman–Crippen MR) is 60.9 cm³/mol. The highest BCUT2D eigenvalue weighted by molar-refractivity contribution is 9.10. The molecular weight excluding hydrogens is 228 g/mol. The molecule has 0 saturated carbocycles. The van der Waals surface area contributed by atoms with Crippen molar-refractivity contribution in [1.29, 1.82) is 0 Å². The van der Waals surface area contributed by atoms with Crippen LogP contribution in [0.3, 0.4) is 0 Å². The third kappa shape index (κ3) is 4.44. The molecule has 1 nitrogen and oxygen atoms in total. The van der Waals surface area contributed by atoms with Gasteiger partial charge < -0.3 is 4.74 Å². The third-order valence-electron chi connectivity index (χ3n) is 1.50. The van der Waals surface area contributed by atoms with Crippen molar-refractivity contribution >= 4 is 15.9 Å². The van der Waals surface area contributed by atoms with Gasteiger partial charge in [0.2, 0.25) is 0 Å². The minimum atomic E-state index is 0.669. The highest BCUT2D eigenvalue weighted by Gasteiger charge is 1.97. The summed E-state index contributed by atoms with van der Waals surface area (Å²) in [6.45, 7) is 6.74. The van der Waals surface area contributed by atoms with E-state index in [1.807, 2.05) is 19.9 Å². The average molecular weight is 245 g/mol. The molecule has 13 heavy (non-hydrogen) atoms. The van der Waals surface area contributed by atoms with E-state index in [4.69, 9.17) is 4.74 Å². The summed E-state index contributed by atoms with van der Waals surface area (Å²) in [5.41, 5.74) is 2.47. The number of aryl methyl sites for hydroxylation is 1. The molecule has 0 saturated heterocycles. The van der Waals surface area contributed by atoms with Gasteiger partial charge in [-0.2, -0.15) is 0 Å². The summed E-state index contributed by atoms with van der Waals surface area (Å²) in [6, 6.07) is 6.24. The summed E-state index contributed by atoms with van der Waals surface area (Å²) in [5, 5.41) is 0. The van der Waals surface area contributed by atoms with Gasteiger partial charge in [0.05, 0.1) is 6.61 Å². The Bertz CT molecular complexity index is 246. The Morgan fingerprint density at radius 2 is 1.92 bits per heavy atom. The summed E-state index contributed by atoms with van der Waals surface area (Å²) in [5.74, 6) is 0. The Labute approximate surface area is 89.2 Å². The van der Waals surface area contributed by atoms with E-state index in [0.717, 1.165) is 4.47 Å². The normalized spacial score (nSPS) is 9.00. The summed E-state index contributed by atoms with van der Waals surface area (Å²) < 4.78 is 6.15. The smallest absolute Gasteiger partial charge is 0.0724 e. The topological polar surface area (TPSA) is 9.23 Å². The van der Waals surface area contributed by atoms with Crippen molar-refractivity contribution in [1.82, 2.24) is 0 Å². The van der Waals surface area contributed by atoms with Gasteiger partial charge in [-0.1, -0.05) is 47.5 Å². The maximum atomic E-state index is 5.03. The van der Waals surface area contributed by atoms with Gasteiger partial charge in [-0.3, -0.25) is 0 Å². The maximum absolute atomic E-state index is 5.03. The Morgan fingerprint density at radius 3 is 2.46 bits per heavy atom.